The molecule has 116 valence electrons. The van der Waals surface area contributed by atoms with Gasteiger partial charge in [-0.15, -0.1) is 0 Å². The standard InChI is InChI=1S/C15H20ClNO4/c1-20-12-7-6-10(13(16)14(12)21-2)9-17-8-4-3-5-11(17)15(18)19/h6-7,11H,3-5,8-9H2,1-2H3,(H,18,19). The Labute approximate surface area is 129 Å². The minimum Gasteiger partial charge on any atom is -0.493 e. The van der Waals surface area contributed by atoms with Crippen molar-refractivity contribution in [1.82, 2.24) is 4.90 Å². The number of likely N-dealkylation sites (tertiary alicyclic amines) is 1. The minimum absolute atomic E-state index is 0.442. The van der Waals surface area contributed by atoms with E-state index < -0.39 is 12.0 Å². The maximum atomic E-state index is 11.3. The summed E-state index contributed by atoms with van der Waals surface area (Å²) in [6, 6.07) is 3.21. The van der Waals surface area contributed by atoms with Crippen LogP contribution in [0.25, 0.3) is 0 Å². The van der Waals surface area contributed by atoms with E-state index in [0.29, 0.717) is 29.5 Å². The number of aliphatic carboxylic acids is 1. The molecule has 1 atom stereocenters. The fraction of sp³-hybridized carbons (Fsp3) is 0.533. The monoisotopic (exact) mass is 313 g/mol. The van der Waals surface area contributed by atoms with Gasteiger partial charge in [-0.25, -0.2) is 0 Å². The molecule has 1 saturated heterocycles. The lowest BCUT2D eigenvalue weighted by Crippen LogP contribution is -2.44. The number of methoxy groups -OCH3 is 2. The molecule has 0 spiro atoms. The fourth-order valence-electron chi connectivity index (χ4n) is 2.73. The second kappa shape index (κ2) is 7.00. The van der Waals surface area contributed by atoms with Crippen molar-refractivity contribution < 1.29 is 19.4 Å². The van der Waals surface area contributed by atoms with E-state index >= 15 is 0 Å². The van der Waals surface area contributed by atoms with E-state index in [4.69, 9.17) is 21.1 Å². The highest BCUT2D eigenvalue weighted by Gasteiger charge is 2.29. The second-order valence-electron chi connectivity index (χ2n) is 5.09. The van der Waals surface area contributed by atoms with Gasteiger partial charge in [0.1, 0.15) is 6.04 Å². The van der Waals surface area contributed by atoms with E-state index in [0.717, 1.165) is 24.9 Å². The molecule has 0 saturated carbocycles. The normalized spacial score (nSPS) is 19.3. The van der Waals surface area contributed by atoms with Gasteiger partial charge in [-0.2, -0.15) is 0 Å². The summed E-state index contributed by atoms with van der Waals surface area (Å²) in [5, 5.41) is 9.80. The van der Waals surface area contributed by atoms with Gasteiger partial charge < -0.3 is 14.6 Å². The summed E-state index contributed by atoms with van der Waals surface area (Å²) in [6.07, 6.45) is 2.64. The lowest BCUT2D eigenvalue weighted by molar-refractivity contribution is -0.144. The lowest BCUT2D eigenvalue weighted by atomic mass is 10.0. The van der Waals surface area contributed by atoms with Gasteiger partial charge in [0, 0.05) is 6.54 Å². The van der Waals surface area contributed by atoms with E-state index in [1.54, 1.807) is 13.2 Å². The number of carbonyl (C=O) groups is 1. The Morgan fingerprint density at radius 3 is 2.76 bits per heavy atom. The molecule has 0 radical (unpaired) electrons. The first-order valence-electron chi connectivity index (χ1n) is 6.94. The van der Waals surface area contributed by atoms with Crippen LogP contribution in [0.2, 0.25) is 5.02 Å². The zero-order valence-electron chi connectivity index (χ0n) is 12.3. The van der Waals surface area contributed by atoms with E-state index in [1.165, 1.54) is 7.11 Å². The van der Waals surface area contributed by atoms with Crippen LogP contribution in [0, 0.1) is 0 Å². The number of ether oxygens (including phenoxy) is 2. The van der Waals surface area contributed by atoms with Gasteiger partial charge >= 0.3 is 5.97 Å². The molecule has 6 heteroatoms. The molecule has 1 fully saturated rings. The molecule has 0 aromatic heterocycles. The second-order valence-corrected chi connectivity index (χ2v) is 5.47. The highest BCUT2D eigenvalue weighted by atomic mass is 35.5. The average Bonchev–Trinajstić information content (AvgIpc) is 2.49. The zero-order chi connectivity index (χ0) is 15.4. The molecular weight excluding hydrogens is 294 g/mol. The van der Waals surface area contributed by atoms with Crippen LogP contribution >= 0.6 is 11.6 Å². The van der Waals surface area contributed by atoms with Crippen molar-refractivity contribution in [3.8, 4) is 11.5 Å². The minimum atomic E-state index is -0.772. The largest absolute Gasteiger partial charge is 0.493 e. The molecule has 1 N–H and O–H groups in total. The fourth-order valence-corrected chi connectivity index (χ4v) is 3.02. The number of carboxylic acids is 1. The number of rotatable bonds is 5. The van der Waals surface area contributed by atoms with E-state index in [1.807, 2.05) is 11.0 Å². The van der Waals surface area contributed by atoms with Gasteiger partial charge in [0.05, 0.1) is 19.2 Å². The van der Waals surface area contributed by atoms with Crippen LogP contribution in [0.5, 0.6) is 11.5 Å². The molecule has 1 aliphatic heterocycles. The summed E-state index contributed by atoms with van der Waals surface area (Å²) in [6.45, 7) is 1.26. The van der Waals surface area contributed by atoms with Gasteiger partial charge in [0.15, 0.2) is 11.5 Å². The Hall–Kier alpha value is -1.46. The van der Waals surface area contributed by atoms with Crippen LogP contribution in [-0.2, 0) is 11.3 Å². The van der Waals surface area contributed by atoms with Crippen LogP contribution in [0.1, 0.15) is 24.8 Å². The molecule has 2 rings (SSSR count). The third-order valence-corrected chi connectivity index (χ3v) is 4.25. The van der Waals surface area contributed by atoms with E-state index in [2.05, 4.69) is 0 Å². The smallest absolute Gasteiger partial charge is 0.320 e. The summed E-state index contributed by atoms with van der Waals surface area (Å²) in [7, 11) is 3.09. The SMILES string of the molecule is COc1ccc(CN2CCCCC2C(=O)O)c(Cl)c1OC. The Bertz CT molecular complexity index is 521. The summed E-state index contributed by atoms with van der Waals surface area (Å²) in [5.74, 6) is 0.284. The van der Waals surface area contributed by atoms with E-state index in [-0.39, 0.29) is 0 Å². The Kier molecular flexibility index (Phi) is 5.31. The van der Waals surface area contributed by atoms with Crippen molar-refractivity contribution in [3.05, 3.63) is 22.7 Å². The zero-order valence-corrected chi connectivity index (χ0v) is 13.0. The number of benzene rings is 1. The number of nitrogens with zero attached hydrogens (tertiary/aromatic N) is 1. The molecule has 1 heterocycles. The topological polar surface area (TPSA) is 59.0 Å². The summed E-state index contributed by atoms with van der Waals surface area (Å²) in [4.78, 5) is 13.3. The van der Waals surface area contributed by atoms with Gasteiger partial charge in [-0.1, -0.05) is 24.1 Å². The number of carboxylic acid groups (broad SMARTS) is 1. The maximum absolute atomic E-state index is 11.3. The maximum Gasteiger partial charge on any atom is 0.320 e. The molecule has 0 amide bonds. The molecule has 1 aliphatic rings. The number of piperidine rings is 1. The van der Waals surface area contributed by atoms with Gasteiger partial charge in [-0.05, 0) is 31.0 Å². The molecule has 1 aromatic carbocycles. The molecular formula is C15H20ClNO4. The van der Waals surface area contributed by atoms with Crippen molar-refractivity contribution in [2.24, 2.45) is 0 Å². The molecule has 0 bridgehead atoms. The van der Waals surface area contributed by atoms with Crippen molar-refractivity contribution >= 4 is 17.6 Å². The average molecular weight is 314 g/mol. The first-order valence-corrected chi connectivity index (χ1v) is 7.32. The van der Waals surface area contributed by atoms with Gasteiger partial charge in [0.25, 0.3) is 0 Å². The summed E-state index contributed by atoms with van der Waals surface area (Å²) < 4.78 is 10.5. The Morgan fingerprint density at radius 2 is 2.14 bits per heavy atom. The van der Waals surface area contributed by atoms with Crippen LogP contribution in [-0.4, -0.2) is 42.8 Å². The van der Waals surface area contributed by atoms with Crippen molar-refractivity contribution in [2.45, 2.75) is 31.8 Å². The predicted octanol–water partition coefficient (Wildman–Crippen LogP) is 2.80. The van der Waals surface area contributed by atoms with Crippen LogP contribution in [0.15, 0.2) is 12.1 Å². The molecule has 1 unspecified atom stereocenters. The van der Waals surface area contributed by atoms with Crippen LogP contribution in [0.3, 0.4) is 0 Å². The van der Waals surface area contributed by atoms with Crippen LogP contribution in [0.4, 0.5) is 0 Å². The molecule has 5 nitrogen and oxygen atoms in total. The van der Waals surface area contributed by atoms with Crippen molar-refractivity contribution in [1.29, 1.82) is 0 Å². The Morgan fingerprint density at radius 1 is 1.38 bits per heavy atom. The first-order chi connectivity index (χ1) is 10.1. The summed E-state index contributed by atoms with van der Waals surface area (Å²) >= 11 is 6.36. The number of hydrogen-bond acceptors (Lipinski definition) is 4. The van der Waals surface area contributed by atoms with Crippen LogP contribution < -0.4 is 9.47 Å². The molecule has 1 aromatic rings. The first kappa shape index (κ1) is 15.9. The van der Waals surface area contributed by atoms with E-state index in [9.17, 15) is 9.90 Å². The number of hydrogen-bond donors (Lipinski definition) is 1. The molecule has 21 heavy (non-hydrogen) atoms. The third-order valence-electron chi connectivity index (χ3n) is 3.84. The number of halogens is 1. The third kappa shape index (κ3) is 3.41. The Balaban J connectivity index is 2.24. The molecule has 0 aliphatic carbocycles. The van der Waals surface area contributed by atoms with Gasteiger partial charge in [0.2, 0.25) is 0 Å². The highest BCUT2D eigenvalue weighted by molar-refractivity contribution is 6.33. The van der Waals surface area contributed by atoms with Gasteiger partial charge in [-0.3, -0.25) is 9.69 Å². The lowest BCUT2D eigenvalue weighted by Gasteiger charge is -2.33. The van der Waals surface area contributed by atoms with Crippen molar-refractivity contribution in [3.63, 3.8) is 0 Å². The quantitative estimate of drug-likeness (QED) is 0.906. The predicted molar refractivity (Wildman–Crippen MR) is 80.2 cm³/mol. The highest BCUT2D eigenvalue weighted by Crippen LogP contribution is 2.38. The van der Waals surface area contributed by atoms with Crippen molar-refractivity contribution in [2.75, 3.05) is 20.8 Å². The summed E-state index contributed by atoms with van der Waals surface area (Å²) in [5.41, 5.74) is 0.850.